The molecule has 4 nitrogen and oxygen atoms in total. The van der Waals surface area contributed by atoms with E-state index in [4.69, 9.17) is 10.4 Å². The average molecular weight is 244 g/mol. The molecule has 1 saturated carbocycles. The average Bonchev–Trinajstić information content (AvgIpc) is 2.85. The minimum absolute atomic E-state index is 0.192. The van der Waals surface area contributed by atoms with Gasteiger partial charge in [-0.05, 0) is 37.0 Å². The number of nitrogens with one attached hydrogen (secondary N) is 1. The minimum Gasteiger partial charge on any atom is -0.478 e. The molecule has 1 aliphatic rings. The van der Waals surface area contributed by atoms with Crippen LogP contribution in [-0.4, -0.2) is 17.1 Å². The topological polar surface area (TPSA) is 73.1 Å². The first kappa shape index (κ1) is 12.6. The van der Waals surface area contributed by atoms with Crippen LogP contribution < -0.4 is 5.32 Å². The molecule has 1 fully saturated rings. The Labute approximate surface area is 106 Å². The van der Waals surface area contributed by atoms with Gasteiger partial charge in [-0.25, -0.2) is 4.79 Å². The summed E-state index contributed by atoms with van der Waals surface area (Å²) in [5.41, 5.74) is 1.38. The maximum Gasteiger partial charge on any atom is 0.335 e. The highest BCUT2D eigenvalue weighted by Gasteiger charge is 2.23. The van der Waals surface area contributed by atoms with Gasteiger partial charge in [-0.2, -0.15) is 5.26 Å². The van der Waals surface area contributed by atoms with Crippen molar-refractivity contribution in [3.05, 3.63) is 35.4 Å². The Morgan fingerprint density at radius 2 is 2.11 bits per heavy atom. The summed E-state index contributed by atoms with van der Waals surface area (Å²) in [5, 5.41) is 21.0. The van der Waals surface area contributed by atoms with Crippen LogP contribution in [0.1, 0.15) is 35.2 Å². The number of nitriles is 1. The van der Waals surface area contributed by atoms with Crippen molar-refractivity contribution in [2.45, 2.75) is 31.8 Å². The number of benzene rings is 1. The normalized spacial score (nSPS) is 22.6. The van der Waals surface area contributed by atoms with E-state index in [2.05, 4.69) is 11.4 Å². The Hall–Kier alpha value is -1.86. The molecule has 0 radical (unpaired) electrons. The number of carboxylic acid groups (broad SMARTS) is 1. The molecule has 1 aromatic rings. The SMILES string of the molecule is N#C[C@H]1CC[C@@H](NCc2ccc(C(=O)O)cc2)C1. The predicted molar refractivity (Wildman–Crippen MR) is 67.0 cm³/mol. The summed E-state index contributed by atoms with van der Waals surface area (Å²) in [4.78, 5) is 10.7. The third kappa shape index (κ3) is 3.08. The molecule has 2 N–H and O–H groups in total. The lowest BCUT2D eigenvalue weighted by Crippen LogP contribution is -2.25. The van der Waals surface area contributed by atoms with Gasteiger partial charge in [-0.15, -0.1) is 0 Å². The van der Waals surface area contributed by atoms with Crippen molar-refractivity contribution in [2.75, 3.05) is 0 Å². The number of carbonyl (C=O) groups is 1. The van der Waals surface area contributed by atoms with Crippen molar-refractivity contribution < 1.29 is 9.90 Å². The largest absolute Gasteiger partial charge is 0.478 e. The fraction of sp³-hybridized carbons (Fsp3) is 0.429. The molecule has 18 heavy (non-hydrogen) atoms. The highest BCUT2D eigenvalue weighted by Crippen LogP contribution is 2.24. The molecular weight excluding hydrogens is 228 g/mol. The molecule has 0 amide bonds. The molecular formula is C14H16N2O2. The summed E-state index contributed by atoms with van der Waals surface area (Å²) in [5.74, 6) is -0.709. The van der Waals surface area contributed by atoms with Crippen molar-refractivity contribution in [1.82, 2.24) is 5.32 Å². The van der Waals surface area contributed by atoms with Gasteiger partial charge in [-0.3, -0.25) is 0 Å². The minimum atomic E-state index is -0.901. The van der Waals surface area contributed by atoms with Gasteiger partial charge in [0.25, 0.3) is 0 Å². The Bertz CT molecular complexity index is 462. The maximum absolute atomic E-state index is 10.7. The summed E-state index contributed by atoms with van der Waals surface area (Å²) in [6.07, 6.45) is 2.95. The summed E-state index contributed by atoms with van der Waals surface area (Å²) < 4.78 is 0. The molecule has 0 aromatic heterocycles. The van der Waals surface area contributed by atoms with E-state index in [0.29, 0.717) is 11.6 Å². The lowest BCUT2D eigenvalue weighted by Gasteiger charge is -2.11. The van der Waals surface area contributed by atoms with Crippen LogP contribution in [0.2, 0.25) is 0 Å². The van der Waals surface area contributed by atoms with Crippen LogP contribution in [0, 0.1) is 17.2 Å². The zero-order valence-electron chi connectivity index (χ0n) is 10.1. The quantitative estimate of drug-likeness (QED) is 0.851. The third-order valence-electron chi connectivity index (χ3n) is 3.41. The Morgan fingerprint density at radius 1 is 1.39 bits per heavy atom. The molecule has 0 saturated heterocycles. The van der Waals surface area contributed by atoms with Crippen LogP contribution in [0.5, 0.6) is 0 Å². The van der Waals surface area contributed by atoms with Gasteiger partial charge in [0, 0.05) is 18.5 Å². The van der Waals surface area contributed by atoms with Crippen molar-refractivity contribution >= 4 is 5.97 Å². The van der Waals surface area contributed by atoms with Crippen molar-refractivity contribution in [3.8, 4) is 6.07 Å². The highest BCUT2D eigenvalue weighted by atomic mass is 16.4. The number of hydrogen-bond donors (Lipinski definition) is 2. The first-order valence-electron chi connectivity index (χ1n) is 6.14. The number of rotatable bonds is 4. The van der Waals surface area contributed by atoms with Crippen molar-refractivity contribution in [1.29, 1.82) is 5.26 Å². The van der Waals surface area contributed by atoms with Gasteiger partial charge in [-0.1, -0.05) is 12.1 Å². The van der Waals surface area contributed by atoms with Gasteiger partial charge >= 0.3 is 5.97 Å². The van der Waals surface area contributed by atoms with E-state index >= 15 is 0 Å². The zero-order chi connectivity index (χ0) is 13.0. The fourth-order valence-corrected chi connectivity index (χ4v) is 2.31. The van der Waals surface area contributed by atoms with Gasteiger partial charge in [0.1, 0.15) is 0 Å². The van der Waals surface area contributed by atoms with E-state index in [0.717, 1.165) is 31.4 Å². The summed E-state index contributed by atoms with van der Waals surface area (Å²) in [6, 6.07) is 9.61. The highest BCUT2D eigenvalue weighted by molar-refractivity contribution is 5.87. The van der Waals surface area contributed by atoms with Crippen LogP contribution in [0.15, 0.2) is 24.3 Å². The van der Waals surface area contributed by atoms with E-state index < -0.39 is 5.97 Å². The molecule has 0 unspecified atom stereocenters. The molecule has 94 valence electrons. The van der Waals surface area contributed by atoms with Gasteiger partial charge in [0.15, 0.2) is 0 Å². The Balaban J connectivity index is 1.84. The molecule has 1 aliphatic carbocycles. The lowest BCUT2D eigenvalue weighted by atomic mass is 10.1. The fourth-order valence-electron chi connectivity index (χ4n) is 2.31. The molecule has 0 bridgehead atoms. The summed E-state index contributed by atoms with van der Waals surface area (Å²) in [6.45, 7) is 0.725. The standard InChI is InChI=1S/C14H16N2O2/c15-8-11-3-6-13(7-11)16-9-10-1-4-12(5-2-10)14(17)18/h1-2,4-5,11,13,16H,3,6-7,9H2,(H,17,18)/t11-,13+/m0/s1. The molecule has 0 aliphatic heterocycles. The first-order chi connectivity index (χ1) is 8.69. The van der Waals surface area contributed by atoms with Gasteiger partial charge < -0.3 is 10.4 Å². The second-order valence-electron chi connectivity index (χ2n) is 4.72. The molecule has 1 aromatic carbocycles. The zero-order valence-corrected chi connectivity index (χ0v) is 10.1. The molecule has 0 heterocycles. The molecule has 2 atom stereocenters. The van der Waals surface area contributed by atoms with E-state index in [1.807, 2.05) is 12.1 Å². The molecule has 2 rings (SSSR count). The second-order valence-corrected chi connectivity index (χ2v) is 4.72. The van der Waals surface area contributed by atoms with Crippen LogP contribution >= 0.6 is 0 Å². The van der Waals surface area contributed by atoms with Gasteiger partial charge in [0.05, 0.1) is 11.6 Å². The Kier molecular flexibility index (Phi) is 3.96. The molecule has 4 heteroatoms. The predicted octanol–water partition coefficient (Wildman–Crippen LogP) is 2.17. The summed E-state index contributed by atoms with van der Waals surface area (Å²) in [7, 11) is 0. The second kappa shape index (κ2) is 5.65. The third-order valence-corrected chi connectivity index (χ3v) is 3.41. The van der Waals surface area contributed by atoms with E-state index in [1.54, 1.807) is 12.1 Å². The monoisotopic (exact) mass is 244 g/mol. The van der Waals surface area contributed by atoms with Crippen LogP contribution in [0.3, 0.4) is 0 Å². The smallest absolute Gasteiger partial charge is 0.335 e. The number of nitrogens with zero attached hydrogens (tertiary/aromatic N) is 1. The number of carboxylic acids is 1. The summed E-state index contributed by atoms with van der Waals surface area (Å²) >= 11 is 0. The van der Waals surface area contributed by atoms with Crippen LogP contribution in [-0.2, 0) is 6.54 Å². The first-order valence-corrected chi connectivity index (χ1v) is 6.14. The van der Waals surface area contributed by atoms with Crippen molar-refractivity contribution in [2.24, 2.45) is 5.92 Å². The van der Waals surface area contributed by atoms with Crippen LogP contribution in [0.25, 0.3) is 0 Å². The lowest BCUT2D eigenvalue weighted by molar-refractivity contribution is 0.0697. The van der Waals surface area contributed by atoms with Crippen LogP contribution in [0.4, 0.5) is 0 Å². The maximum atomic E-state index is 10.7. The van der Waals surface area contributed by atoms with E-state index in [1.165, 1.54) is 0 Å². The Morgan fingerprint density at radius 3 is 2.67 bits per heavy atom. The molecule has 0 spiro atoms. The van der Waals surface area contributed by atoms with E-state index in [-0.39, 0.29) is 5.92 Å². The number of aromatic carboxylic acids is 1. The van der Waals surface area contributed by atoms with E-state index in [9.17, 15) is 4.79 Å². The van der Waals surface area contributed by atoms with Gasteiger partial charge in [0.2, 0.25) is 0 Å². The van der Waals surface area contributed by atoms with Crippen molar-refractivity contribution in [3.63, 3.8) is 0 Å². The number of hydrogen-bond acceptors (Lipinski definition) is 3.